The summed E-state index contributed by atoms with van der Waals surface area (Å²) in [5.41, 5.74) is -2.14. The fourth-order valence-corrected chi connectivity index (χ4v) is 2.27. The summed E-state index contributed by atoms with van der Waals surface area (Å²) in [4.78, 5) is 37.4. The lowest BCUT2D eigenvalue weighted by molar-refractivity contribution is -0.386. The zero-order valence-corrected chi connectivity index (χ0v) is 15.3. The topological polar surface area (TPSA) is 127 Å². The summed E-state index contributed by atoms with van der Waals surface area (Å²) in [6.45, 7) is 6.25. The van der Waals surface area contributed by atoms with Gasteiger partial charge in [0.2, 0.25) is 0 Å². The molecule has 144 valence electrons. The standard InChI is InChI=1S/C18H21N3O6/c1-4-11(3)27-14-9-7-12(10-15(14)26-5-2)6-8-13-16(21(24)25)17(22)20-18(23)19-13/h6-11H,4-5H2,1-3H3,(H2,19,20,22,23)/b8-6+/t11-/m1/s1. The highest BCUT2D eigenvalue weighted by Gasteiger charge is 2.18. The SMILES string of the molecule is CCOc1cc(/C=C/c2[nH]c(=O)[nH]c(=O)c2[N+](=O)[O-])ccc1O[C@H](C)CC. The Balaban J connectivity index is 2.40. The molecule has 0 aliphatic carbocycles. The fourth-order valence-electron chi connectivity index (χ4n) is 2.27. The Morgan fingerprint density at radius 3 is 2.56 bits per heavy atom. The van der Waals surface area contributed by atoms with E-state index in [-0.39, 0.29) is 11.8 Å². The monoisotopic (exact) mass is 375 g/mol. The Hall–Kier alpha value is -3.36. The van der Waals surface area contributed by atoms with Crippen molar-refractivity contribution in [2.24, 2.45) is 0 Å². The number of nitro groups is 1. The molecule has 1 aromatic heterocycles. The molecule has 2 aromatic rings. The van der Waals surface area contributed by atoms with Crippen LogP contribution in [-0.2, 0) is 0 Å². The van der Waals surface area contributed by atoms with Crippen molar-refractivity contribution in [1.82, 2.24) is 9.97 Å². The normalized spacial score (nSPS) is 12.1. The molecule has 2 rings (SSSR count). The molecule has 0 amide bonds. The van der Waals surface area contributed by atoms with Crippen molar-refractivity contribution < 1.29 is 14.4 Å². The van der Waals surface area contributed by atoms with Crippen molar-refractivity contribution in [2.45, 2.75) is 33.3 Å². The number of aromatic nitrogens is 2. The van der Waals surface area contributed by atoms with Crippen LogP contribution in [0.5, 0.6) is 11.5 Å². The molecule has 0 saturated carbocycles. The maximum absolute atomic E-state index is 11.6. The van der Waals surface area contributed by atoms with Crippen LogP contribution in [-0.4, -0.2) is 27.6 Å². The third-order valence-corrected chi connectivity index (χ3v) is 3.74. The molecule has 0 spiro atoms. The van der Waals surface area contributed by atoms with Crippen molar-refractivity contribution in [2.75, 3.05) is 6.61 Å². The second-order valence-corrected chi connectivity index (χ2v) is 5.74. The predicted octanol–water partition coefficient (Wildman–Crippen LogP) is 2.72. The second-order valence-electron chi connectivity index (χ2n) is 5.74. The van der Waals surface area contributed by atoms with Gasteiger partial charge in [-0.05, 0) is 44.0 Å². The number of hydrogen-bond donors (Lipinski definition) is 2. The van der Waals surface area contributed by atoms with E-state index in [9.17, 15) is 19.7 Å². The Kier molecular flexibility index (Phi) is 6.53. The summed E-state index contributed by atoms with van der Waals surface area (Å²) >= 11 is 0. The summed E-state index contributed by atoms with van der Waals surface area (Å²) in [5, 5.41) is 11.1. The van der Waals surface area contributed by atoms with Crippen molar-refractivity contribution in [3.8, 4) is 11.5 Å². The van der Waals surface area contributed by atoms with E-state index in [0.717, 1.165) is 6.42 Å². The molecule has 0 fully saturated rings. The molecule has 2 N–H and O–H groups in total. The molecule has 27 heavy (non-hydrogen) atoms. The van der Waals surface area contributed by atoms with Crippen LogP contribution in [0.3, 0.4) is 0 Å². The quantitative estimate of drug-likeness (QED) is 0.539. The van der Waals surface area contributed by atoms with E-state index in [0.29, 0.717) is 23.7 Å². The first-order chi connectivity index (χ1) is 12.8. The minimum absolute atomic E-state index is 0.0226. The number of hydrogen-bond acceptors (Lipinski definition) is 6. The molecule has 0 bridgehead atoms. The number of H-pyrrole nitrogens is 2. The van der Waals surface area contributed by atoms with Crippen LogP contribution >= 0.6 is 0 Å². The number of nitrogens with zero attached hydrogens (tertiary/aromatic N) is 1. The van der Waals surface area contributed by atoms with Crippen LogP contribution in [0.4, 0.5) is 5.69 Å². The number of rotatable bonds is 8. The first kappa shape index (κ1) is 20.0. The van der Waals surface area contributed by atoms with Gasteiger partial charge in [-0.15, -0.1) is 0 Å². The average molecular weight is 375 g/mol. The van der Waals surface area contributed by atoms with Crippen LogP contribution < -0.4 is 20.7 Å². The maximum atomic E-state index is 11.6. The smallest absolute Gasteiger partial charge is 0.357 e. The van der Waals surface area contributed by atoms with Crippen molar-refractivity contribution in [3.05, 3.63) is 60.4 Å². The lowest BCUT2D eigenvalue weighted by atomic mass is 10.1. The third kappa shape index (κ3) is 5.06. The first-order valence-electron chi connectivity index (χ1n) is 8.48. The van der Waals surface area contributed by atoms with Gasteiger partial charge in [-0.3, -0.25) is 19.9 Å². The fraction of sp³-hybridized carbons (Fsp3) is 0.333. The van der Waals surface area contributed by atoms with Crippen molar-refractivity contribution in [1.29, 1.82) is 0 Å². The van der Waals surface area contributed by atoms with Gasteiger partial charge in [0.25, 0.3) is 0 Å². The average Bonchev–Trinajstić information content (AvgIpc) is 2.60. The lowest BCUT2D eigenvalue weighted by Gasteiger charge is -2.16. The Bertz CT molecular complexity index is 960. The van der Waals surface area contributed by atoms with Crippen molar-refractivity contribution >= 4 is 17.8 Å². The second kappa shape index (κ2) is 8.84. The van der Waals surface area contributed by atoms with Gasteiger partial charge in [-0.25, -0.2) is 4.79 Å². The van der Waals surface area contributed by atoms with E-state index in [1.165, 1.54) is 12.2 Å². The molecular weight excluding hydrogens is 354 g/mol. The Morgan fingerprint density at radius 1 is 1.19 bits per heavy atom. The molecule has 0 saturated heterocycles. The van der Waals surface area contributed by atoms with E-state index in [1.54, 1.807) is 18.2 Å². The van der Waals surface area contributed by atoms with Crippen LogP contribution in [0.1, 0.15) is 38.4 Å². The minimum Gasteiger partial charge on any atom is -0.490 e. The summed E-state index contributed by atoms with van der Waals surface area (Å²) in [6.07, 6.45) is 3.70. The van der Waals surface area contributed by atoms with Crippen LogP contribution in [0, 0.1) is 10.1 Å². The van der Waals surface area contributed by atoms with Crippen LogP contribution in [0.15, 0.2) is 27.8 Å². The lowest BCUT2D eigenvalue weighted by Crippen LogP contribution is -2.25. The van der Waals surface area contributed by atoms with Gasteiger partial charge in [0.05, 0.1) is 17.6 Å². The summed E-state index contributed by atoms with van der Waals surface area (Å²) in [7, 11) is 0. The van der Waals surface area contributed by atoms with E-state index in [1.807, 2.05) is 25.8 Å². The van der Waals surface area contributed by atoms with E-state index in [4.69, 9.17) is 9.47 Å². The Labute approximate surface area is 154 Å². The van der Waals surface area contributed by atoms with Crippen molar-refractivity contribution in [3.63, 3.8) is 0 Å². The van der Waals surface area contributed by atoms with Gasteiger partial charge >= 0.3 is 16.9 Å². The molecule has 9 nitrogen and oxygen atoms in total. The molecule has 1 heterocycles. The van der Waals surface area contributed by atoms with E-state index < -0.39 is 21.9 Å². The summed E-state index contributed by atoms with van der Waals surface area (Å²) < 4.78 is 11.4. The number of aromatic amines is 2. The van der Waals surface area contributed by atoms with Gasteiger partial charge in [-0.1, -0.05) is 19.1 Å². The highest BCUT2D eigenvalue weighted by atomic mass is 16.6. The van der Waals surface area contributed by atoms with Gasteiger partial charge in [0.1, 0.15) is 5.69 Å². The van der Waals surface area contributed by atoms with E-state index >= 15 is 0 Å². The summed E-state index contributed by atoms with van der Waals surface area (Å²) in [6, 6.07) is 5.20. The molecule has 0 aliphatic rings. The minimum atomic E-state index is -1.06. The molecule has 0 aliphatic heterocycles. The summed E-state index contributed by atoms with van der Waals surface area (Å²) in [5.74, 6) is 1.13. The molecule has 1 atom stereocenters. The maximum Gasteiger partial charge on any atom is 0.357 e. The zero-order valence-electron chi connectivity index (χ0n) is 15.3. The molecule has 9 heteroatoms. The molecule has 0 radical (unpaired) electrons. The molecule has 1 aromatic carbocycles. The first-order valence-corrected chi connectivity index (χ1v) is 8.48. The third-order valence-electron chi connectivity index (χ3n) is 3.74. The highest BCUT2D eigenvalue weighted by molar-refractivity contribution is 5.72. The predicted molar refractivity (Wildman–Crippen MR) is 101 cm³/mol. The largest absolute Gasteiger partial charge is 0.490 e. The van der Waals surface area contributed by atoms with Gasteiger partial charge in [-0.2, -0.15) is 0 Å². The van der Waals surface area contributed by atoms with Crippen LogP contribution in [0.25, 0.3) is 12.2 Å². The highest BCUT2D eigenvalue weighted by Crippen LogP contribution is 2.30. The number of ether oxygens (including phenoxy) is 2. The number of benzene rings is 1. The van der Waals surface area contributed by atoms with Gasteiger partial charge < -0.3 is 14.5 Å². The number of nitrogens with one attached hydrogen (secondary N) is 2. The van der Waals surface area contributed by atoms with Gasteiger partial charge in [0, 0.05) is 0 Å². The van der Waals surface area contributed by atoms with Gasteiger partial charge in [0.15, 0.2) is 11.5 Å². The van der Waals surface area contributed by atoms with Crippen LogP contribution in [0.2, 0.25) is 0 Å². The zero-order chi connectivity index (χ0) is 20.0. The Morgan fingerprint density at radius 2 is 1.93 bits per heavy atom. The molecule has 0 unspecified atom stereocenters. The molecular formula is C18H21N3O6. The van der Waals surface area contributed by atoms with E-state index in [2.05, 4.69) is 4.98 Å².